The first-order chi connectivity index (χ1) is 10.3. The van der Waals surface area contributed by atoms with Gasteiger partial charge in [-0.15, -0.1) is 0 Å². The lowest BCUT2D eigenvalue weighted by molar-refractivity contribution is -0.383. The van der Waals surface area contributed by atoms with Gasteiger partial charge < -0.3 is 4.74 Å². The summed E-state index contributed by atoms with van der Waals surface area (Å²) in [6, 6.07) is 6.02. The Bertz CT molecular complexity index is 704. The van der Waals surface area contributed by atoms with Crippen molar-refractivity contribution in [3.05, 3.63) is 40.6 Å². The highest BCUT2D eigenvalue weighted by molar-refractivity contribution is 6.76. The molecule has 0 aliphatic rings. The maximum atomic E-state index is 11.2. The van der Waals surface area contributed by atoms with Crippen molar-refractivity contribution in [2.24, 2.45) is 0 Å². The van der Waals surface area contributed by atoms with Gasteiger partial charge >= 0.3 is 0 Å². The van der Waals surface area contributed by atoms with Crippen LogP contribution in [0.5, 0.6) is 0 Å². The zero-order chi connectivity index (χ0) is 16.3. The summed E-state index contributed by atoms with van der Waals surface area (Å²) in [4.78, 5) is 10.8. The van der Waals surface area contributed by atoms with Crippen molar-refractivity contribution in [2.75, 3.05) is 6.61 Å². The fraction of sp³-hybridized carbons (Fsp3) is 0.400. The minimum atomic E-state index is -1.13. The number of aromatic nitrogens is 2. The number of hydrogen-bond donors (Lipinski definition) is 0. The van der Waals surface area contributed by atoms with Crippen LogP contribution in [0.3, 0.4) is 0 Å². The molecule has 0 amide bonds. The Morgan fingerprint density at radius 1 is 1.45 bits per heavy atom. The van der Waals surface area contributed by atoms with Crippen molar-refractivity contribution in [2.45, 2.75) is 32.4 Å². The molecule has 0 saturated heterocycles. The largest absolute Gasteiger partial charge is 0.360 e. The summed E-state index contributed by atoms with van der Waals surface area (Å²) in [5.41, 5.74) is 1.24. The molecule has 0 saturated carbocycles. The second kappa shape index (κ2) is 6.41. The lowest BCUT2D eigenvalue weighted by Crippen LogP contribution is -2.22. The van der Waals surface area contributed by atoms with E-state index in [1.165, 1.54) is 12.1 Å². The Kier molecular flexibility index (Phi) is 4.77. The van der Waals surface area contributed by atoms with Gasteiger partial charge in [0.2, 0.25) is 0 Å². The number of ether oxygens (including phenoxy) is 1. The van der Waals surface area contributed by atoms with E-state index < -0.39 is 13.0 Å². The Morgan fingerprint density at radius 3 is 2.77 bits per heavy atom. The SMILES string of the molecule is C=Cc1nn(COCC[Si](C)(C)C)c2cccc([N+](=O)[O-])c12. The zero-order valence-corrected chi connectivity index (χ0v) is 14.2. The first-order valence-corrected chi connectivity index (χ1v) is 10.9. The summed E-state index contributed by atoms with van der Waals surface area (Å²) < 4.78 is 7.35. The minimum absolute atomic E-state index is 0.0424. The third-order valence-corrected chi connectivity index (χ3v) is 5.09. The Hall–Kier alpha value is -1.99. The molecule has 0 unspecified atom stereocenters. The van der Waals surface area contributed by atoms with Crippen LogP contribution in [0.15, 0.2) is 24.8 Å². The average Bonchev–Trinajstić information content (AvgIpc) is 2.80. The molecule has 2 aromatic rings. The first kappa shape index (κ1) is 16.4. The van der Waals surface area contributed by atoms with Gasteiger partial charge in [0.05, 0.1) is 16.1 Å². The lowest BCUT2D eigenvalue weighted by Gasteiger charge is -2.15. The third-order valence-electron chi connectivity index (χ3n) is 3.38. The monoisotopic (exact) mass is 319 g/mol. The molecule has 1 heterocycles. The van der Waals surface area contributed by atoms with Crippen LogP contribution in [0.4, 0.5) is 5.69 Å². The van der Waals surface area contributed by atoms with E-state index in [9.17, 15) is 10.1 Å². The summed E-state index contributed by atoms with van der Waals surface area (Å²) >= 11 is 0. The molecule has 1 aromatic carbocycles. The lowest BCUT2D eigenvalue weighted by atomic mass is 10.1. The molecule has 0 fully saturated rings. The molecule has 1 aromatic heterocycles. The minimum Gasteiger partial charge on any atom is -0.360 e. The number of nitro benzene ring substituents is 1. The zero-order valence-electron chi connectivity index (χ0n) is 13.2. The van der Waals surface area contributed by atoms with E-state index in [0.29, 0.717) is 23.2 Å². The predicted octanol–water partition coefficient (Wildman–Crippen LogP) is 3.90. The quantitative estimate of drug-likeness (QED) is 0.336. The maximum Gasteiger partial charge on any atom is 0.281 e. The Morgan fingerprint density at radius 2 is 2.18 bits per heavy atom. The third kappa shape index (κ3) is 3.61. The predicted molar refractivity (Wildman–Crippen MR) is 90.6 cm³/mol. The molecule has 6 nitrogen and oxygen atoms in total. The van der Waals surface area contributed by atoms with Crippen LogP contribution in [0.1, 0.15) is 5.69 Å². The number of non-ortho nitro benzene ring substituents is 1. The molecule has 7 heteroatoms. The first-order valence-electron chi connectivity index (χ1n) is 7.17. The van der Waals surface area contributed by atoms with Gasteiger partial charge in [-0.1, -0.05) is 32.3 Å². The molecule has 0 aliphatic carbocycles. The molecular formula is C15H21N3O3Si. The Labute approximate surface area is 130 Å². The maximum absolute atomic E-state index is 11.2. The summed E-state index contributed by atoms with van der Waals surface area (Å²) in [5.74, 6) is 0. The van der Waals surface area contributed by atoms with E-state index in [4.69, 9.17) is 4.74 Å². The highest BCUT2D eigenvalue weighted by atomic mass is 28.3. The van der Waals surface area contributed by atoms with Crippen molar-refractivity contribution in [1.29, 1.82) is 0 Å². The molecule has 2 rings (SSSR count). The normalized spacial score (nSPS) is 11.8. The topological polar surface area (TPSA) is 70.2 Å². The fourth-order valence-electron chi connectivity index (χ4n) is 2.16. The summed E-state index contributed by atoms with van der Waals surface area (Å²) in [5, 5.41) is 16.0. The van der Waals surface area contributed by atoms with Gasteiger partial charge in [0.1, 0.15) is 12.1 Å². The smallest absolute Gasteiger partial charge is 0.281 e. The van der Waals surface area contributed by atoms with Crippen LogP contribution in [0, 0.1) is 10.1 Å². The van der Waals surface area contributed by atoms with Gasteiger partial charge in [0.15, 0.2) is 0 Å². The van der Waals surface area contributed by atoms with Crippen molar-refractivity contribution in [3.63, 3.8) is 0 Å². The van der Waals surface area contributed by atoms with Gasteiger partial charge in [0, 0.05) is 20.7 Å². The molecule has 0 radical (unpaired) electrons. The van der Waals surface area contributed by atoms with Gasteiger partial charge in [0.25, 0.3) is 5.69 Å². The highest BCUT2D eigenvalue weighted by Gasteiger charge is 2.19. The van der Waals surface area contributed by atoms with Crippen molar-refractivity contribution in [1.82, 2.24) is 9.78 Å². The number of nitro groups is 1. The second-order valence-corrected chi connectivity index (χ2v) is 12.0. The average molecular weight is 319 g/mol. The van der Waals surface area contributed by atoms with E-state index in [1.807, 2.05) is 6.07 Å². The van der Waals surface area contributed by atoms with Crippen LogP contribution in [-0.2, 0) is 11.5 Å². The van der Waals surface area contributed by atoms with Crippen LogP contribution in [0.2, 0.25) is 25.7 Å². The van der Waals surface area contributed by atoms with Crippen LogP contribution in [0.25, 0.3) is 17.0 Å². The number of benzene rings is 1. The summed E-state index contributed by atoms with van der Waals surface area (Å²) in [7, 11) is -1.13. The molecule has 0 bridgehead atoms. The highest BCUT2D eigenvalue weighted by Crippen LogP contribution is 2.29. The molecule has 118 valence electrons. The number of hydrogen-bond acceptors (Lipinski definition) is 4. The van der Waals surface area contributed by atoms with Gasteiger partial charge in [-0.25, -0.2) is 4.68 Å². The number of fused-ring (bicyclic) bond motifs is 1. The summed E-state index contributed by atoms with van der Waals surface area (Å²) in [6.45, 7) is 11.5. The van der Waals surface area contributed by atoms with E-state index in [-0.39, 0.29) is 12.4 Å². The number of rotatable bonds is 7. The fourth-order valence-corrected chi connectivity index (χ4v) is 2.92. The number of nitrogens with zero attached hydrogens (tertiary/aromatic N) is 3. The van der Waals surface area contributed by atoms with Crippen molar-refractivity contribution < 1.29 is 9.66 Å². The van der Waals surface area contributed by atoms with Crippen LogP contribution in [-0.4, -0.2) is 29.4 Å². The molecule has 0 atom stereocenters. The van der Waals surface area contributed by atoms with Crippen LogP contribution >= 0.6 is 0 Å². The Balaban J connectivity index is 2.26. The van der Waals surface area contributed by atoms with E-state index in [1.54, 1.807) is 10.7 Å². The van der Waals surface area contributed by atoms with Crippen LogP contribution < -0.4 is 0 Å². The molecule has 0 aliphatic heterocycles. The van der Waals surface area contributed by atoms with Gasteiger partial charge in [-0.3, -0.25) is 10.1 Å². The second-order valence-electron chi connectivity index (χ2n) is 6.37. The molecule has 22 heavy (non-hydrogen) atoms. The van der Waals surface area contributed by atoms with E-state index >= 15 is 0 Å². The van der Waals surface area contributed by atoms with Gasteiger partial charge in [-0.05, 0) is 18.2 Å². The molecular weight excluding hydrogens is 298 g/mol. The van der Waals surface area contributed by atoms with Crippen molar-refractivity contribution >= 4 is 30.7 Å². The van der Waals surface area contributed by atoms with E-state index in [0.717, 1.165) is 6.04 Å². The molecule has 0 N–H and O–H groups in total. The van der Waals surface area contributed by atoms with E-state index in [2.05, 4.69) is 31.3 Å². The van der Waals surface area contributed by atoms with Crippen molar-refractivity contribution in [3.8, 4) is 0 Å². The van der Waals surface area contributed by atoms with Gasteiger partial charge in [-0.2, -0.15) is 5.10 Å². The molecule has 0 spiro atoms. The summed E-state index contributed by atoms with van der Waals surface area (Å²) in [6.07, 6.45) is 1.54. The standard InChI is InChI=1S/C15H21N3O3Si/c1-5-12-15-13(7-6-8-14(15)18(19)20)17(16-12)11-21-9-10-22(2,3)4/h5-8H,1,9-11H2,2-4H3.